The second-order valence-electron chi connectivity index (χ2n) is 8.27. The molecule has 0 fully saturated rings. The van der Waals surface area contributed by atoms with Crippen LogP contribution in [0.3, 0.4) is 0 Å². The Bertz CT molecular complexity index is 1360. The lowest BCUT2D eigenvalue weighted by Gasteiger charge is -2.18. The van der Waals surface area contributed by atoms with Crippen LogP contribution in [0.2, 0.25) is 10.0 Å². The van der Waals surface area contributed by atoms with E-state index < -0.39 is 23.6 Å². The Morgan fingerprint density at radius 1 is 0.889 bits per heavy atom. The molecule has 10 heteroatoms. The van der Waals surface area contributed by atoms with Crippen LogP contribution < -0.4 is 10.2 Å². The van der Waals surface area contributed by atoms with Crippen molar-refractivity contribution in [3.63, 3.8) is 0 Å². The van der Waals surface area contributed by atoms with Crippen molar-refractivity contribution in [2.24, 2.45) is 0 Å². The third-order valence-electron chi connectivity index (χ3n) is 5.44. The van der Waals surface area contributed by atoms with Gasteiger partial charge in [-0.25, -0.2) is 4.90 Å². The van der Waals surface area contributed by atoms with E-state index in [1.165, 1.54) is 0 Å². The number of anilines is 2. The molecule has 1 aliphatic heterocycles. The average Bonchev–Trinajstić information content (AvgIpc) is 3.04. The fraction of sp³-hybridized carbons (Fsp3) is 0.154. The first-order valence-corrected chi connectivity index (χ1v) is 12.3. The summed E-state index contributed by atoms with van der Waals surface area (Å²) in [6, 6.07) is 16.4. The van der Waals surface area contributed by atoms with E-state index in [-0.39, 0.29) is 21.3 Å². The van der Waals surface area contributed by atoms with Gasteiger partial charge in [0.2, 0.25) is 0 Å². The Labute approximate surface area is 220 Å². The lowest BCUT2D eigenvalue weighted by Crippen LogP contribution is -2.33. The van der Waals surface area contributed by atoms with Crippen LogP contribution >= 0.6 is 35.0 Å². The quantitative estimate of drug-likeness (QED) is 0.315. The number of alkyl halides is 3. The van der Waals surface area contributed by atoms with Crippen LogP contribution in [0.25, 0.3) is 0 Å². The van der Waals surface area contributed by atoms with Gasteiger partial charge in [-0.15, -0.1) is 0 Å². The van der Waals surface area contributed by atoms with Gasteiger partial charge in [-0.3, -0.25) is 9.59 Å². The molecule has 0 radical (unpaired) electrons. The molecule has 0 saturated carbocycles. The largest absolute Gasteiger partial charge is 0.416 e. The van der Waals surface area contributed by atoms with E-state index in [4.69, 9.17) is 23.2 Å². The van der Waals surface area contributed by atoms with E-state index in [1.807, 2.05) is 26.0 Å². The number of nitrogens with one attached hydrogen (secondary N) is 1. The van der Waals surface area contributed by atoms with Gasteiger partial charge in [0.15, 0.2) is 0 Å². The highest BCUT2D eigenvalue weighted by Gasteiger charge is 2.42. The Balaban J connectivity index is 1.76. The number of hydrogen-bond donors (Lipinski definition) is 1. The highest BCUT2D eigenvalue weighted by molar-refractivity contribution is 8.04. The molecule has 0 saturated heterocycles. The molecule has 1 heterocycles. The van der Waals surface area contributed by atoms with Crippen molar-refractivity contribution in [1.82, 2.24) is 0 Å². The number of thioether (sulfide) groups is 1. The average molecular weight is 551 g/mol. The molecule has 0 spiro atoms. The molecule has 0 atom stereocenters. The molecule has 3 aromatic carbocycles. The van der Waals surface area contributed by atoms with Gasteiger partial charge in [-0.1, -0.05) is 60.9 Å². The fourth-order valence-corrected chi connectivity index (χ4v) is 4.76. The molecule has 3 aromatic rings. The van der Waals surface area contributed by atoms with Crippen LogP contribution in [-0.4, -0.2) is 11.8 Å². The minimum Gasteiger partial charge on any atom is -0.350 e. The van der Waals surface area contributed by atoms with Crippen LogP contribution in [-0.2, 0) is 15.8 Å². The van der Waals surface area contributed by atoms with Gasteiger partial charge < -0.3 is 5.32 Å². The van der Waals surface area contributed by atoms with E-state index >= 15 is 0 Å². The number of rotatable bonds is 6. The van der Waals surface area contributed by atoms with Gasteiger partial charge in [-0.05, 0) is 66.1 Å². The summed E-state index contributed by atoms with van der Waals surface area (Å²) >= 11 is 13.1. The predicted octanol–water partition coefficient (Wildman–Crippen LogP) is 8.12. The molecular weight excluding hydrogens is 532 g/mol. The third-order valence-corrected chi connectivity index (χ3v) is 7.10. The number of halogens is 5. The maximum atomic E-state index is 13.5. The summed E-state index contributed by atoms with van der Waals surface area (Å²) in [4.78, 5) is 28.2. The van der Waals surface area contributed by atoms with E-state index in [1.54, 1.807) is 36.4 Å². The second kappa shape index (κ2) is 10.2. The Hall–Kier alpha value is -2.94. The summed E-state index contributed by atoms with van der Waals surface area (Å²) in [5, 5.41) is 3.31. The lowest BCUT2D eigenvalue weighted by atomic mass is 10.0. The number of hydrogen-bond acceptors (Lipinski definition) is 4. The Kier molecular flexibility index (Phi) is 7.41. The molecular formula is C26H19Cl2F3N2O2S. The number of amides is 2. The van der Waals surface area contributed by atoms with Crippen molar-refractivity contribution in [2.45, 2.75) is 30.8 Å². The summed E-state index contributed by atoms with van der Waals surface area (Å²) in [6.45, 7) is 4.09. The SMILES string of the molecule is CC(C)c1ccc(NC2=C(Sc3ccc(Cl)cc3)C(=O)N(c3cc(C(F)(F)F)ccc3Cl)C2=O)cc1. The molecule has 0 aromatic heterocycles. The van der Waals surface area contributed by atoms with Gasteiger partial charge in [0.05, 0.1) is 16.3 Å². The van der Waals surface area contributed by atoms with Crippen LogP contribution in [0, 0.1) is 0 Å². The number of nitrogens with zero attached hydrogens (tertiary/aromatic N) is 1. The normalized spacial score (nSPS) is 14.3. The molecule has 0 unspecified atom stereocenters. The maximum Gasteiger partial charge on any atom is 0.416 e. The van der Waals surface area contributed by atoms with Crippen molar-refractivity contribution < 1.29 is 22.8 Å². The van der Waals surface area contributed by atoms with Crippen LogP contribution in [0.1, 0.15) is 30.9 Å². The van der Waals surface area contributed by atoms with Crippen molar-refractivity contribution in [3.05, 3.63) is 98.5 Å². The lowest BCUT2D eigenvalue weighted by molar-refractivity contribution is -0.137. The molecule has 4 nitrogen and oxygen atoms in total. The van der Waals surface area contributed by atoms with Crippen molar-refractivity contribution >= 4 is 58.2 Å². The van der Waals surface area contributed by atoms with E-state index in [9.17, 15) is 22.8 Å². The number of carbonyl (C=O) groups is 2. The fourth-order valence-electron chi connectivity index (χ4n) is 3.51. The summed E-state index contributed by atoms with van der Waals surface area (Å²) in [7, 11) is 0. The van der Waals surface area contributed by atoms with E-state index in [0.29, 0.717) is 32.5 Å². The van der Waals surface area contributed by atoms with Gasteiger partial charge in [0, 0.05) is 15.6 Å². The molecule has 4 rings (SSSR count). The molecule has 36 heavy (non-hydrogen) atoms. The molecule has 1 N–H and O–H groups in total. The third kappa shape index (κ3) is 5.40. The molecule has 2 amide bonds. The summed E-state index contributed by atoms with van der Waals surface area (Å²) in [5.74, 6) is -1.31. The zero-order chi connectivity index (χ0) is 26.2. The van der Waals surface area contributed by atoms with E-state index in [0.717, 1.165) is 29.5 Å². The van der Waals surface area contributed by atoms with Gasteiger partial charge in [-0.2, -0.15) is 13.2 Å². The number of benzene rings is 3. The van der Waals surface area contributed by atoms with Gasteiger partial charge in [0.1, 0.15) is 10.6 Å². The Morgan fingerprint density at radius 2 is 1.53 bits per heavy atom. The minimum absolute atomic E-state index is 0.0173. The molecule has 186 valence electrons. The topological polar surface area (TPSA) is 49.4 Å². The maximum absolute atomic E-state index is 13.5. The van der Waals surface area contributed by atoms with Crippen molar-refractivity contribution in [2.75, 3.05) is 10.2 Å². The van der Waals surface area contributed by atoms with Crippen LogP contribution in [0.5, 0.6) is 0 Å². The standard InChI is InChI=1S/C26H19Cl2F3N2O2S/c1-14(2)15-3-8-18(9-4-15)32-22-23(36-19-10-6-17(27)7-11-19)25(35)33(24(22)34)21-13-16(26(29,30)31)5-12-20(21)28/h3-14,32H,1-2H3. The molecule has 1 aliphatic rings. The highest BCUT2D eigenvalue weighted by atomic mass is 35.5. The second-order valence-corrected chi connectivity index (χ2v) is 10.2. The first-order valence-electron chi connectivity index (χ1n) is 10.8. The Morgan fingerprint density at radius 3 is 2.11 bits per heavy atom. The first-order chi connectivity index (χ1) is 17.0. The van der Waals surface area contributed by atoms with Crippen molar-refractivity contribution in [3.8, 4) is 0 Å². The zero-order valence-corrected chi connectivity index (χ0v) is 21.3. The van der Waals surface area contributed by atoms with Crippen LogP contribution in [0.15, 0.2) is 82.2 Å². The van der Waals surface area contributed by atoms with Gasteiger partial charge in [0.25, 0.3) is 11.8 Å². The summed E-state index contributed by atoms with van der Waals surface area (Å²) in [5.41, 5.74) is 0.187. The predicted molar refractivity (Wildman–Crippen MR) is 137 cm³/mol. The van der Waals surface area contributed by atoms with Crippen molar-refractivity contribution in [1.29, 1.82) is 0 Å². The number of imide groups is 1. The highest BCUT2D eigenvalue weighted by Crippen LogP contribution is 2.42. The monoisotopic (exact) mass is 550 g/mol. The zero-order valence-electron chi connectivity index (χ0n) is 19.0. The summed E-state index contributed by atoms with van der Waals surface area (Å²) < 4.78 is 40.1. The first kappa shape index (κ1) is 26.1. The molecule has 0 bridgehead atoms. The van der Waals surface area contributed by atoms with E-state index in [2.05, 4.69) is 5.32 Å². The minimum atomic E-state index is -4.68. The van der Waals surface area contributed by atoms with Gasteiger partial charge >= 0.3 is 6.18 Å². The summed E-state index contributed by atoms with van der Waals surface area (Å²) in [6.07, 6.45) is -4.68. The number of carbonyl (C=O) groups excluding carboxylic acids is 2. The van der Waals surface area contributed by atoms with Crippen LogP contribution in [0.4, 0.5) is 24.5 Å². The smallest absolute Gasteiger partial charge is 0.350 e. The molecule has 0 aliphatic carbocycles.